The summed E-state index contributed by atoms with van der Waals surface area (Å²) in [6, 6.07) is 11.7. The van der Waals surface area contributed by atoms with Gasteiger partial charge in [0.25, 0.3) is 0 Å². The van der Waals surface area contributed by atoms with Crippen molar-refractivity contribution in [3.05, 3.63) is 47.5 Å². The smallest absolute Gasteiger partial charge is 0.234 e. The minimum Gasteiger partial charge on any atom is -0.490 e. The molecule has 1 heterocycles. The number of hydrogen-bond donors (Lipinski definition) is 1. The third kappa shape index (κ3) is 4.03. The molecule has 1 aliphatic rings. The van der Waals surface area contributed by atoms with Gasteiger partial charge in [-0.1, -0.05) is 12.1 Å². The lowest BCUT2D eigenvalue weighted by Gasteiger charge is -2.11. The molecule has 0 fully saturated rings. The van der Waals surface area contributed by atoms with Crippen LogP contribution < -0.4 is 14.8 Å². The normalized spacial score (nSPS) is 13.2. The van der Waals surface area contributed by atoms with Crippen LogP contribution in [0.2, 0.25) is 0 Å². The van der Waals surface area contributed by atoms with E-state index in [1.54, 1.807) is 0 Å². The van der Waals surface area contributed by atoms with E-state index in [9.17, 15) is 4.79 Å². The molecule has 0 aromatic heterocycles. The number of carbonyl (C=O) groups excluding carboxylic acids is 1. The minimum atomic E-state index is -0.0131. The summed E-state index contributed by atoms with van der Waals surface area (Å²) in [7, 11) is 0. The average molecular weight is 343 g/mol. The number of carbonyl (C=O) groups is 1. The predicted molar refractivity (Wildman–Crippen MR) is 97.3 cm³/mol. The number of aryl methyl sites for hydroxylation is 1. The number of nitrogens with one attached hydrogen (secondary N) is 1. The lowest BCUT2D eigenvalue weighted by molar-refractivity contribution is -0.113. The number of thioether (sulfide) groups is 1. The van der Waals surface area contributed by atoms with Crippen LogP contribution in [0.4, 0.5) is 5.69 Å². The second kappa shape index (κ2) is 7.62. The summed E-state index contributed by atoms with van der Waals surface area (Å²) < 4.78 is 11.3. The van der Waals surface area contributed by atoms with Crippen molar-refractivity contribution in [3.8, 4) is 11.5 Å². The molecule has 0 bridgehead atoms. The topological polar surface area (TPSA) is 47.6 Å². The molecule has 2 aromatic carbocycles. The van der Waals surface area contributed by atoms with E-state index in [1.165, 1.54) is 17.3 Å². The van der Waals surface area contributed by atoms with Crippen LogP contribution in [0, 0.1) is 13.8 Å². The van der Waals surface area contributed by atoms with Gasteiger partial charge in [0.15, 0.2) is 11.5 Å². The summed E-state index contributed by atoms with van der Waals surface area (Å²) in [5.41, 5.74) is 3.15. The zero-order valence-corrected chi connectivity index (χ0v) is 14.7. The summed E-state index contributed by atoms with van der Waals surface area (Å²) in [6.07, 6.45) is 0.884. The molecule has 0 saturated heterocycles. The van der Waals surface area contributed by atoms with Crippen molar-refractivity contribution in [2.24, 2.45) is 0 Å². The number of benzene rings is 2. The minimum absolute atomic E-state index is 0.0131. The Morgan fingerprint density at radius 1 is 1.12 bits per heavy atom. The first-order chi connectivity index (χ1) is 11.6. The molecular formula is C19H21NO3S. The highest BCUT2D eigenvalue weighted by Gasteiger charge is 2.12. The SMILES string of the molecule is Cc1cccc(NC(=O)CSc2ccc3c(c2)OCCCO3)c1C. The average Bonchev–Trinajstić information content (AvgIpc) is 2.82. The predicted octanol–water partition coefficient (Wildman–Crippen LogP) is 4.20. The van der Waals surface area contributed by atoms with E-state index >= 15 is 0 Å². The third-order valence-corrected chi connectivity index (χ3v) is 4.96. The molecular weight excluding hydrogens is 322 g/mol. The third-order valence-electron chi connectivity index (χ3n) is 3.97. The van der Waals surface area contributed by atoms with Crippen molar-refractivity contribution in [2.75, 3.05) is 24.3 Å². The summed E-state index contributed by atoms with van der Waals surface area (Å²) in [6.45, 7) is 5.39. The number of hydrogen-bond acceptors (Lipinski definition) is 4. The number of fused-ring (bicyclic) bond motifs is 1. The molecule has 5 heteroatoms. The largest absolute Gasteiger partial charge is 0.490 e. The van der Waals surface area contributed by atoms with Crippen LogP contribution in [-0.4, -0.2) is 24.9 Å². The maximum Gasteiger partial charge on any atom is 0.234 e. The lowest BCUT2D eigenvalue weighted by Crippen LogP contribution is -2.15. The standard InChI is InChI=1S/C19H21NO3S/c1-13-5-3-6-16(14(13)2)20-19(21)12-24-15-7-8-17-18(11-15)23-10-4-9-22-17/h3,5-8,11H,4,9-10,12H2,1-2H3,(H,20,21). The van der Waals surface area contributed by atoms with Crippen LogP contribution in [0.25, 0.3) is 0 Å². The molecule has 4 nitrogen and oxygen atoms in total. The molecule has 0 atom stereocenters. The number of anilines is 1. The van der Waals surface area contributed by atoms with E-state index in [0.29, 0.717) is 19.0 Å². The fourth-order valence-electron chi connectivity index (χ4n) is 2.46. The van der Waals surface area contributed by atoms with E-state index < -0.39 is 0 Å². The van der Waals surface area contributed by atoms with Crippen LogP contribution in [0.1, 0.15) is 17.5 Å². The Bertz CT molecular complexity index is 745. The Balaban J connectivity index is 1.60. The first kappa shape index (κ1) is 16.7. The Hall–Kier alpha value is -2.14. The van der Waals surface area contributed by atoms with Crippen molar-refractivity contribution in [1.29, 1.82) is 0 Å². The Kier molecular flexibility index (Phi) is 5.30. The van der Waals surface area contributed by atoms with Crippen LogP contribution in [0.3, 0.4) is 0 Å². The van der Waals surface area contributed by atoms with Crippen LogP contribution in [0.15, 0.2) is 41.3 Å². The fraction of sp³-hybridized carbons (Fsp3) is 0.316. The van der Waals surface area contributed by atoms with E-state index in [-0.39, 0.29) is 5.91 Å². The van der Waals surface area contributed by atoms with Crippen LogP contribution >= 0.6 is 11.8 Å². The van der Waals surface area contributed by atoms with Crippen LogP contribution in [0.5, 0.6) is 11.5 Å². The summed E-state index contributed by atoms with van der Waals surface area (Å²) >= 11 is 1.49. The van der Waals surface area contributed by atoms with Crippen molar-refractivity contribution < 1.29 is 14.3 Å². The van der Waals surface area contributed by atoms with Gasteiger partial charge in [-0.2, -0.15) is 0 Å². The van der Waals surface area contributed by atoms with Gasteiger partial charge in [-0.3, -0.25) is 4.79 Å². The molecule has 1 aliphatic heterocycles. The number of rotatable bonds is 4. The van der Waals surface area contributed by atoms with E-state index in [4.69, 9.17) is 9.47 Å². The van der Waals surface area contributed by atoms with Crippen molar-refractivity contribution in [2.45, 2.75) is 25.2 Å². The van der Waals surface area contributed by atoms with Gasteiger partial charge in [0.05, 0.1) is 19.0 Å². The quantitative estimate of drug-likeness (QED) is 0.846. The summed E-state index contributed by atoms with van der Waals surface area (Å²) in [5, 5.41) is 2.98. The lowest BCUT2D eigenvalue weighted by atomic mass is 10.1. The molecule has 0 unspecified atom stereocenters. The second-order valence-corrected chi connectivity index (χ2v) is 6.79. The van der Waals surface area contributed by atoms with Gasteiger partial charge >= 0.3 is 0 Å². The first-order valence-corrected chi connectivity index (χ1v) is 9.00. The highest BCUT2D eigenvalue weighted by atomic mass is 32.2. The highest BCUT2D eigenvalue weighted by Crippen LogP contribution is 2.33. The molecule has 0 aliphatic carbocycles. The second-order valence-electron chi connectivity index (χ2n) is 5.74. The molecule has 2 aromatic rings. The Morgan fingerprint density at radius 2 is 1.92 bits per heavy atom. The molecule has 1 amide bonds. The van der Waals surface area contributed by atoms with Gasteiger partial charge in [0.2, 0.25) is 5.91 Å². The Morgan fingerprint density at radius 3 is 2.75 bits per heavy atom. The Labute approximate surface area is 146 Å². The van der Waals surface area contributed by atoms with Gasteiger partial charge in [-0.25, -0.2) is 0 Å². The molecule has 126 valence electrons. The van der Waals surface area contributed by atoms with Gasteiger partial charge in [-0.05, 0) is 49.2 Å². The van der Waals surface area contributed by atoms with E-state index in [2.05, 4.69) is 5.32 Å². The maximum absolute atomic E-state index is 12.2. The van der Waals surface area contributed by atoms with E-state index in [0.717, 1.165) is 34.1 Å². The van der Waals surface area contributed by atoms with Gasteiger partial charge < -0.3 is 14.8 Å². The van der Waals surface area contributed by atoms with Crippen molar-refractivity contribution in [3.63, 3.8) is 0 Å². The summed E-state index contributed by atoms with van der Waals surface area (Å²) in [4.78, 5) is 13.2. The van der Waals surface area contributed by atoms with Gasteiger partial charge in [0, 0.05) is 17.0 Å². The summed E-state index contributed by atoms with van der Waals surface area (Å²) in [5.74, 6) is 1.87. The zero-order chi connectivity index (χ0) is 16.9. The molecule has 24 heavy (non-hydrogen) atoms. The molecule has 1 N–H and O–H groups in total. The van der Waals surface area contributed by atoms with Gasteiger partial charge in [-0.15, -0.1) is 11.8 Å². The molecule has 0 spiro atoms. The monoisotopic (exact) mass is 343 g/mol. The molecule has 0 radical (unpaired) electrons. The number of ether oxygens (including phenoxy) is 2. The van der Waals surface area contributed by atoms with Crippen molar-refractivity contribution in [1.82, 2.24) is 0 Å². The first-order valence-electron chi connectivity index (χ1n) is 8.02. The highest BCUT2D eigenvalue weighted by molar-refractivity contribution is 8.00. The maximum atomic E-state index is 12.2. The fourth-order valence-corrected chi connectivity index (χ4v) is 3.18. The van der Waals surface area contributed by atoms with Crippen molar-refractivity contribution >= 4 is 23.4 Å². The zero-order valence-electron chi connectivity index (χ0n) is 13.9. The van der Waals surface area contributed by atoms with Crippen LogP contribution in [-0.2, 0) is 4.79 Å². The molecule has 3 rings (SSSR count). The molecule has 0 saturated carbocycles. The van der Waals surface area contributed by atoms with E-state index in [1.807, 2.05) is 50.2 Å². The van der Waals surface area contributed by atoms with Gasteiger partial charge in [0.1, 0.15) is 0 Å². The number of amides is 1.